The van der Waals surface area contributed by atoms with E-state index in [9.17, 15) is 17.6 Å². The zero-order chi connectivity index (χ0) is 19.9. The van der Waals surface area contributed by atoms with Gasteiger partial charge in [-0.15, -0.1) is 0 Å². The van der Waals surface area contributed by atoms with Gasteiger partial charge in [-0.25, -0.2) is 14.4 Å². The molecule has 0 saturated carbocycles. The summed E-state index contributed by atoms with van der Waals surface area (Å²) in [6.07, 6.45) is -2.17. The first-order valence-electron chi connectivity index (χ1n) is 8.70. The van der Waals surface area contributed by atoms with Gasteiger partial charge in [-0.2, -0.15) is 13.2 Å². The van der Waals surface area contributed by atoms with Crippen molar-refractivity contribution in [1.29, 1.82) is 0 Å². The average molecular weight is 388 g/mol. The van der Waals surface area contributed by atoms with E-state index in [1.54, 1.807) is 0 Å². The number of nitrogens with zero attached hydrogens (tertiary/aromatic N) is 4. The zero-order valence-corrected chi connectivity index (χ0v) is 14.9. The van der Waals surface area contributed by atoms with E-state index in [2.05, 4.69) is 9.98 Å². The van der Waals surface area contributed by atoms with E-state index in [0.717, 1.165) is 35.2 Å². The largest absolute Gasteiger partial charge is 0.416 e. The van der Waals surface area contributed by atoms with Crippen LogP contribution in [0.2, 0.25) is 0 Å². The number of para-hydroxylation sites is 2. The van der Waals surface area contributed by atoms with Crippen LogP contribution in [-0.4, -0.2) is 15.8 Å². The summed E-state index contributed by atoms with van der Waals surface area (Å²) in [7, 11) is 0. The molecule has 4 nitrogen and oxygen atoms in total. The minimum Gasteiger partial charge on any atom is -0.305 e. The molecular weight excluding hydrogens is 372 g/mol. The summed E-state index contributed by atoms with van der Waals surface area (Å²) in [5.41, 5.74) is 1.22. The third-order valence-electron chi connectivity index (χ3n) is 4.55. The molecule has 0 bridgehead atoms. The van der Waals surface area contributed by atoms with E-state index in [4.69, 9.17) is 0 Å². The molecule has 0 radical (unpaired) electrons. The van der Waals surface area contributed by atoms with Crippen LogP contribution in [0.4, 0.5) is 23.2 Å². The fraction of sp³-hybridized carbons (Fsp3) is 0.200. The number of fused-ring (bicyclic) bond motifs is 1. The number of hydrogen-bond donors (Lipinski definition) is 0. The standard InChI is InChI=1S/C20H16F4N4/c1-2-18-26-16-5-3-4-6-17(16)28(18)19-25-11-14(21)12-27(19)15-9-7-13(8-10-15)20(22,23)24/h3-12,19H,2H2,1H3. The minimum absolute atomic E-state index is 0.393. The summed E-state index contributed by atoms with van der Waals surface area (Å²) in [6.45, 7) is 1.95. The number of imidazole rings is 1. The molecule has 2 heterocycles. The van der Waals surface area contributed by atoms with Crippen LogP contribution < -0.4 is 4.90 Å². The quantitative estimate of drug-likeness (QED) is 0.557. The molecule has 144 valence electrons. The third kappa shape index (κ3) is 3.15. The number of halogens is 4. The van der Waals surface area contributed by atoms with Crippen molar-refractivity contribution in [1.82, 2.24) is 9.55 Å². The molecule has 0 fully saturated rings. The van der Waals surface area contributed by atoms with Crippen molar-refractivity contribution in [3.63, 3.8) is 0 Å². The van der Waals surface area contributed by atoms with Gasteiger partial charge in [-0.05, 0) is 36.4 Å². The topological polar surface area (TPSA) is 33.4 Å². The molecule has 0 amide bonds. The molecule has 0 aliphatic carbocycles. The highest BCUT2D eigenvalue weighted by atomic mass is 19.4. The van der Waals surface area contributed by atoms with Gasteiger partial charge in [0.2, 0.25) is 6.29 Å². The second-order valence-corrected chi connectivity index (χ2v) is 6.33. The van der Waals surface area contributed by atoms with E-state index in [0.29, 0.717) is 12.1 Å². The Balaban J connectivity index is 1.82. The van der Waals surface area contributed by atoms with E-state index in [-0.39, 0.29) is 0 Å². The lowest BCUT2D eigenvalue weighted by Gasteiger charge is -2.32. The molecule has 0 N–H and O–H groups in total. The maximum absolute atomic E-state index is 14.0. The lowest BCUT2D eigenvalue weighted by Crippen LogP contribution is -2.30. The van der Waals surface area contributed by atoms with Crippen LogP contribution in [0.5, 0.6) is 0 Å². The molecule has 1 aliphatic heterocycles. The van der Waals surface area contributed by atoms with E-state index < -0.39 is 23.9 Å². The molecule has 0 saturated heterocycles. The van der Waals surface area contributed by atoms with Crippen molar-refractivity contribution in [2.24, 2.45) is 4.99 Å². The van der Waals surface area contributed by atoms with Gasteiger partial charge >= 0.3 is 6.18 Å². The number of aliphatic imine (C=N–C) groups is 1. The lowest BCUT2D eigenvalue weighted by molar-refractivity contribution is -0.137. The van der Waals surface area contributed by atoms with Crippen LogP contribution in [0, 0.1) is 0 Å². The summed E-state index contributed by atoms with van der Waals surface area (Å²) < 4.78 is 54.5. The van der Waals surface area contributed by atoms with Crippen molar-refractivity contribution in [3.8, 4) is 0 Å². The Labute approximate surface area is 158 Å². The molecule has 3 aromatic rings. The molecule has 4 rings (SSSR count). The Morgan fingerprint density at radius 3 is 2.43 bits per heavy atom. The number of hydrogen-bond acceptors (Lipinski definition) is 3. The molecule has 1 unspecified atom stereocenters. The Kier molecular flexibility index (Phi) is 4.41. The van der Waals surface area contributed by atoms with Gasteiger partial charge in [0.05, 0.1) is 22.8 Å². The Morgan fingerprint density at radius 2 is 1.75 bits per heavy atom. The molecular formula is C20H16F4N4. The van der Waals surface area contributed by atoms with Crippen LogP contribution in [0.15, 0.2) is 65.6 Å². The van der Waals surface area contributed by atoms with Crippen molar-refractivity contribution < 1.29 is 17.6 Å². The highest BCUT2D eigenvalue weighted by molar-refractivity contribution is 5.80. The molecule has 28 heavy (non-hydrogen) atoms. The van der Waals surface area contributed by atoms with Gasteiger partial charge in [-0.3, -0.25) is 4.57 Å². The van der Waals surface area contributed by atoms with Crippen LogP contribution >= 0.6 is 0 Å². The number of rotatable bonds is 3. The summed E-state index contributed by atoms with van der Waals surface area (Å²) in [6, 6.07) is 12.1. The number of allylic oxidation sites excluding steroid dienone is 1. The zero-order valence-electron chi connectivity index (χ0n) is 14.9. The van der Waals surface area contributed by atoms with Gasteiger partial charge in [0.25, 0.3) is 0 Å². The van der Waals surface area contributed by atoms with Gasteiger partial charge < -0.3 is 4.90 Å². The summed E-state index contributed by atoms with van der Waals surface area (Å²) in [4.78, 5) is 10.4. The van der Waals surface area contributed by atoms with E-state index in [1.165, 1.54) is 23.2 Å². The Bertz CT molecular complexity index is 1060. The summed E-state index contributed by atoms with van der Waals surface area (Å²) >= 11 is 0. The predicted molar refractivity (Wildman–Crippen MR) is 99.8 cm³/mol. The summed E-state index contributed by atoms with van der Waals surface area (Å²) in [5, 5.41) is 0. The molecule has 1 atom stereocenters. The highest BCUT2D eigenvalue weighted by Gasteiger charge is 2.31. The highest BCUT2D eigenvalue weighted by Crippen LogP contribution is 2.35. The van der Waals surface area contributed by atoms with Gasteiger partial charge in [0.1, 0.15) is 5.82 Å². The second kappa shape index (κ2) is 6.78. The van der Waals surface area contributed by atoms with Crippen molar-refractivity contribution >= 4 is 22.9 Å². The fourth-order valence-corrected chi connectivity index (χ4v) is 3.27. The van der Waals surface area contributed by atoms with Gasteiger partial charge in [0, 0.05) is 18.3 Å². The minimum atomic E-state index is -4.44. The van der Waals surface area contributed by atoms with Crippen molar-refractivity contribution in [2.75, 3.05) is 4.90 Å². The second-order valence-electron chi connectivity index (χ2n) is 6.33. The first kappa shape index (κ1) is 18.2. The molecule has 8 heteroatoms. The van der Waals surface area contributed by atoms with Crippen LogP contribution in [0.3, 0.4) is 0 Å². The van der Waals surface area contributed by atoms with Crippen LogP contribution in [-0.2, 0) is 12.6 Å². The monoisotopic (exact) mass is 388 g/mol. The average Bonchev–Trinajstić information content (AvgIpc) is 3.06. The predicted octanol–water partition coefficient (Wildman–Crippen LogP) is 5.48. The Morgan fingerprint density at radius 1 is 1.04 bits per heavy atom. The number of aryl methyl sites for hydroxylation is 1. The maximum Gasteiger partial charge on any atom is 0.416 e. The molecule has 1 aliphatic rings. The number of benzene rings is 2. The molecule has 1 aromatic heterocycles. The smallest absolute Gasteiger partial charge is 0.305 e. The summed E-state index contributed by atoms with van der Waals surface area (Å²) in [5.74, 6) is 0.162. The third-order valence-corrected chi connectivity index (χ3v) is 4.55. The van der Waals surface area contributed by atoms with Crippen molar-refractivity contribution in [3.05, 3.63) is 71.9 Å². The first-order valence-corrected chi connectivity index (χ1v) is 8.70. The van der Waals surface area contributed by atoms with E-state index in [1.807, 2.05) is 35.8 Å². The SMILES string of the molecule is CCc1nc2ccccc2n1C1N=CC(F)=CN1c1ccc(C(F)(F)F)cc1. The number of aromatic nitrogens is 2. The fourth-order valence-electron chi connectivity index (χ4n) is 3.27. The first-order chi connectivity index (χ1) is 13.4. The molecule has 0 spiro atoms. The Hall–Kier alpha value is -3.16. The normalized spacial score (nSPS) is 17.2. The van der Waals surface area contributed by atoms with Crippen molar-refractivity contribution in [2.45, 2.75) is 25.8 Å². The van der Waals surface area contributed by atoms with Crippen LogP contribution in [0.25, 0.3) is 11.0 Å². The van der Waals surface area contributed by atoms with Gasteiger partial charge in [0.15, 0.2) is 5.83 Å². The number of anilines is 1. The lowest BCUT2D eigenvalue weighted by atomic mass is 10.2. The van der Waals surface area contributed by atoms with Crippen LogP contribution in [0.1, 0.15) is 24.6 Å². The van der Waals surface area contributed by atoms with Gasteiger partial charge in [-0.1, -0.05) is 19.1 Å². The molecule has 2 aromatic carbocycles. The van der Waals surface area contributed by atoms with E-state index >= 15 is 0 Å². The number of alkyl halides is 3. The maximum atomic E-state index is 14.0.